The molecule has 4 rings (SSSR count). The molecule has 32 heavy (non-hydrogen) atoms. The van der Waals surface area contributed by atoms with E-state index in [9.17, 15) is 20.0 Å². The second-order valence-electron chi connectivity index (χ2n) is 6.79. The van der Waals surface area contributed by atoms with Crippen molar-refractivity contribution >= 4 is 39.5 Å². The number of aromatic carboxylic acids is 1. The second kappa shape index (κ2) is 8.37. The lowest BCUT2D eigenvalue weighted by molar-refractivity contribution is 0.0697. The summed E-state index contributed by atoms with van der Waals surface area (Å²) in [6.45, 7) is 1.63. The van der Waals surface area contributed by atoms with Gasteiger partial charge in [0, 0.05) is 5.56 Å². The first kappa shape index (κ1) is 20.8. The maximum absolute atomic E-state index is 13.5. The van der Waals surface area contributed by atoms with E-state index in [2.05, 4.69) is 10.5 Å². The van der Waals surface area contributed by atoms with Gasteiger partial charge in [-0.25, -0.2) is 4.79 Å². The fourth-order valence-corrected chi connectivity index (χ4v) is 4.29. The molecule has 2 heterocycles. The number of rotatable bonds is 6. The van der Waals surface area contributed by atoms with Crippen molar-refractivity contribution < 1.29 is 19.2 Å². The summed E-state index contributed by atoms with van der Waals surface area (Å²) in [6.07, 6.45) is 0. The molecular weight excluding hydrogens is 428 g/mol. The van der Waals surface area contributed by atoms with Gasteiger partial charge in [-0.2, -0.15) is 5.26 Å². The molecule has 0 amide bonds. The number of carbonyl (C=O) groups excluding carboxylic acids is 1. The van der Waals surface area contributed by atoms with Gasteiger partial charge in [0.2, 0.25) is 5.78 Å². The average molecular weight is 444 g/mol. The highest BCUT2D eigenvalue weighted by Gasteiger charge is 2.28. The van der Waals surface area contributed by atoms with Gasteiger partial charge < -0.3 is 20.7 Å². The van der Waals surface area contributed by atoms with Gasteiger partial charge in [0.25, 0.3) is 0 Å². The minimum atomic E-state index is -1.12. The Morgan fingerprint density at radius 3 is 2.53 bits per heavy atom. The van der Waals surface area contributed by atoms with E-state index in [1.807, 2.05) is 36.4 Å². The van der Waals surface area contributed by atoms with Crippen molar-refractivity contribution in [2.24, 2.45) is 0 Å². The number of nitrogen functional groups attached to an aromatic ring is 1. The number of nitrogens with zero attached hydrogens (tertiary/aromatic N) is 2. The van der Waals surface area contributed by atoms with Crippen LogP contribution in [0.4, 0.5) is 16.4 Å². The summed E-state index contributed by atoms with van der Waals surface area (Å²) < 4.78 is 5.28. The van der Waals surface area contributed by atoms with Gasteiger partial charge in [-0.05, 0) is 19.1 Å². The number of para-hydroxylation sites is 1. The van der Waals surface area contributed by atoms with Gasteiger partial charge in [0.1, 0.15) is 33.0 Å². The third-order valence-corrected chi connectivity index (χ3v) is 5.93. The largest absolute Gasteiger partial charge is 0.478 e. The van der Waals surface area contributed by atoms with Crippen molar-refractivity contribution in [3.8, 4) is 17.3 Å². The van der Waals surface area contributed by atoms with Crippen LogP contribution in [0.1, 0.15) is 36.9 Å². The number of carbonyl (C=O) groups is 2. The lowest BCUT2D eigenvalue weighted by Gasteiger charge is -2.07. The maximum atomic E-state index is 13.5. The Hall–Kier alpha value is -4.42. The lowest BCUT2D eigenvalue weighted by Crippen LogP contribution is -2.05. The Bertz CT molecular complexity index is 1380. The van der Waals surface area contributed by atoms with Crippen LogP contribution >= 0.6 is 11.3 Å². The highest BCUT2D eigenvalue weighted by Crippen LogP contribution is 2.40. The van der Waals surface area contributed by atoms with E-state index in [0.29, 0.717) is 17.0 Å². The van der Waals surface area contributed by atoms with E-state index in [-0.39, 0.29) is 37.9 Å². The Morgan fingerprint density at radius 2 is 1.84 bits per heavy atom. The molecule has 158 valence electrons. The molecule has 8 nitrogen and oxygen atoms in total. The third-order valence-electron chi connectivity index (χ3n) is 4.81. The molecule has 0 saturated carbocycles. The predicted octanol–water partition coefficient (Wildman–Crippen LogP) is 4.84. The summed E-state index contributed by atoms with van der Waals surface area (Å²) in [5, 5.41) is 26.3. The number of nitrogens with one attached hydrogen (secondary N) is 1. The smallest absolute Gasteiger partial charge is 0.337 e. The zero-order chi connectivity index (χ0) is 22.8. The van der Waals surface area contributed by atoms with Crippen LogP contribution in [0.5, 0.6) is 0 Å². The molecule has 2 aromatic carbocycles. The highest BCUT2D eigenvalue weighted by atomic mass is 32.1. The Balaban J connectivity index is 1.79. The number of carboxylic acids is 1. The average Bonchev–Trinajstić information content (AvgIpc) is 3.33. The number of hydrogen-bond donors (Lipinski definition) is 3. The zero-order valence-electron chi connectivity index (χ0n) is 16.7. The summed E-state index contributed by atoms with van der Waals surface area (Å²) in [7, 11) is 0. The van der Waals surface area contributed by atoms with Crippen LogP contribution in [-0.2, 0) is 0 Å². The number of carboxylic acid groups (broad SMARTS) is 1. The third kappa shape index (κ3) is 3.59. The molecule has 0 radical (unpaired) electrons. The Kier molecular flexibility index (Phi) is 5.45. The minimum absolute atomic E-state index is 0.0115. The second-order valence-corrected chi connectivity index (χ2v) is 7.81. The Morgan fingerprint density at radius 1 is 1.16 bits per heavy atom. The molecule has 2 aromatic heterocycles. The normalized spacial score (nSPS) is 10.5. The van der Waals surface area contributed by atoms with Crippen molar-refractivity contribution in [1.29, 1.82) is 5.26 Å². The van der Waals surface area contributed by atoms with Crippen molar-refractivity contribution in [2.45, 2.75) is 6.92 Å². The fourth-order valence-electron chi connectivity index (χ4n) is 3.26. The molecule has 0 aliphatic heterocycles. The van der Waals surface area contributed by atoms with E-state index in [0.717, 1.165) is 11.3 Å². The van der Waals surface area contributed by atoms with Crippen LogP contribution in [0.15, 0.2) is 59.1 Å². The first-order valence-corrected chi connectivity index (χ1v) is 10.2. The standard InChI is InChI=1S/C23H16N4O4S/c1-12-17(19(27-31-12)13-7-3-2-4-8-13)20(28)21-18(25)15(11-24)22(32-21)26-16-10-6-5-9-14(16)23(29)30/h2-10,26H,25H2,1H3,(H,29,30). The molecule has 0 aliphatic rings. The SMILES string of the molecule is Cc1onc(-c2ccccc2)c1C(=O)c1sc(Nc2ccccc2C(=O)O)c(C#N)c1N. The fraction of sp³-hybridized carbons (Fsp3) is 0.0435. The topological polar surface area (TPSA) is 142 Å². The number of aryl methyl sites for hydroxylation is 1. The Labute approximate surface area is 186 Å². The quantitative estimate of drug-likeness (QED) is 0.359. The molecular formula is C23H16N4O4S. The summed E-state index contributed by atoms with van der Waals surface area (Å²) in [4.78, 5) is 25.1. The van der Waals surface area contributed by atoms with Gasteiger partial charge in [0.05, 0.1) is 22.5 Å². The minimum Gasteiger partial charge on any atom is -0.478 e. The van der Waals surface area contributed by atoms with Crippen molar-refractivity contribution in [3.63, 3.8) is 0 Å². The van der Waals surface area contributed by atoms with E-state index >= 15 is 0 Å². The predicted molar refractivity (Wildman–Crippen MR) is 120 cm³/mol. The number of nitrogens with two attached hydrogens (primary N) is 1. The van der Waals surface area contributed by atoms with Crippen molar-refractivity contribution in [1.82, 2.24) is 5.16 Å². The summed E-state index contributed by atoms with van der Waals surface area (Å²) in [5.41, 5.74) is 7.89. The van der Waals surface area contributed by atoms with Crippen LogP contribution in [0.25, 0.3) is 11.3 Å². The number of hydrogen-bond acceptors (Lipinski definition) is 8. The lowest BCUT2D eigenvalue weighted by atomic mass is 10.0. The van der Waals surface area contributed by atoms with Crippen molar-refractivity contribution in [2.75, 3.05) is 11.1 Å². The molecule has 0 unspecified atom stereocenters. The molecule has 0 fully saturated rings. The molecule has 0 aliphatic carbocycles. The summed E-state index contributed by atoms with van der Waals surface area (Å²) >= 11 is 0.974. The monoisotopic (exact) mass is 444 g/mol. The molecule has 0 atom stereocenters. The van der Waals surface area contributed by atoms with Gasteiger partial charge in [0.15, 0.2) is 0 Å². The molecule has 0 spiro atoms. The first-order valence-electron chi connectivity index (χ1n) is 9.40. The van der Waals surface area contributed by atoms with Crippen LogP contribution in [0.3, 0.4) is 0 Å². The van der Waals surface area contributed by atoms with Crippen LogP contribution < -0.4 is 11.1 Å². The first-order chi connectivity index (χ1) is 15.4. The van der Waals surface area contributed by atoms with E-state index in [1.54, 1.807) is 25.1 Å². The van der Waals surface area contributed by atoms with Gasteiger partial charge in [-0.1, -0.05) is 47.6 Å². The molecule has 9 heteroatoms. The number of anilines is 3. The number of aromatic nitrogens is 1. The number of ketones is 1. The molecule has 4 N–H and O–H groups in total. The number of nitriles is 1. The van der Waals surface area contributed by atoms with E-state index in [4.69, 9.17) is 10.3 Å². The van der Waals surface area contributed by atoms with E-state index < -0.39 is 11.8 Å². The highest BCUT2D eigenvalue weighted by molar-refractivity contribution is 7.19. The number of thiophene rings is 1. The van der Waals surface area contributed by atoms with Gasteiger partial charge in [-0.15, -0.1) is 11.3 Å². The summed E-state index contributed by atoms with van der Waals surface area (Å²) in [6, 6.07) is 17.4. The molecule has 4 aromatic rings. The van der Waals surface area contributed by atoms with Crippen molar-refractivity contribution in [3.05, 3.63) is 81.9 Å². The van der Waals surface area contributed by atoms with Gasteiger partial charge in [-0.3, -0.25) is 4.79 Å². The van der Waals surface area contributed by atoms with Gasteiger partial charge >= 0.3 is 5.97 Å². The molecule has 0 saturated heterocycles. The zero-order valence-corrected chi connectivity index (χ0v) is 17.6. The van der Waals surface area contributed by atoms with Crippen LogP contribution in [0, 0.1) is 18.3 Å². The number of benzene rings is 2. The molecule has 0 bridgehead atoms. The van der Waals surface area contributed by atoms with E-state index in [1.165, 1.54) is 6.07 Å². The van der Waals surface area contributed by atoms with Crippen LogP contribution in [-0.4, -0.2) is 22.0 Å². The summed E-state index contributed by atoms with van der Waals surface area (Å²) in [5.74, 6) is -1.23. The van der Waals surface area contributed by atoms with Crippen LogP contribution in [0.2, 0.25) is 0 Å². The maximum Gasteiger partial charge on any atom is 0.337 e.